The standard InChI is InChI=1S/C20H19NOS/c22-20(12-7-15-21-13-5-6-14-21)16-8-1-3-10-18(16)23-19-11-4-2-9-17(19)20/h1-4,8-11,22H,5-6,13-15H2. The zero-order valence-corrected chi connectivity index (χ0v) is 13.8. The van der Waals surface area contributed by atoms with E-state index >= 15 is 0 Å². The van der Waals surface area contributed by atoms with Crippen LogP contribution >= 0.6 is 11.8 Å². The van der Waals surface area contributed by atoms with Gasteiger partial charge in [-0.15, -0.1) is 0 Å². The lowest BCUT2D eigenvalue weighted by atomic mass is 9.86. The highest BCUT2D eigenvalue weighted by molar-refractivity contribution is 7.99. The van der Waals surface area contributed by atoms with Crippen LogP contribution in [0.1, 0.15) is 24.0 Å². The zero-order chi connectivity index (χ0) is 15.7. The van der Waals surface area contributed by atoms with Crippen molar-refractivity contribution in [2.75, 3.05) is 19.6 Å². The van der Waals surface area contributed by atoms with Crippen molar-refractivity contribution in [3.63, 3.8) is 0 Å². The van der Waals surface area contributed by atoms with Gasteiger partial charge < -0.3 is 5.11 Å². The fraction of sp³-hybridized carbons (Fsp3) is 0.300. The molecule has 0 spiro atoms. The highest BCUT2D eigenvalue weighted by Gasteiger charge is 2.37. The molecule has 2 aliphatic rings. The van der Waals surface area contributed by atoms with E-state index in [0.717, 1.165) is 40.6 Å². The van der Waals surface area contributed by atoms with Gasteiger partial charge in [-0.1, -0.05) is 60.0 Å². The van der Waals surface area contributed by atoms with Crippen LogP contribution in [0, 0.1) is 11.8 Å². The monoisotopic (exact) mass is 321 g/mol. The summed E-state index contributed by atoms with van der Waals surface area (Å²) in [6.07, 6.45) is 2.52. The van der Waals surface area contributed by atoms with E-state index in [2.05, 4.69) is 28.9 Å². The smallest absolute Gasteiger partial charge is 0.179 e. The lowest BCUT2D eigenvalue weighted by Crippen LogP contribution is -2.29. The SMILES string of the molecule is OC1(C#CCN2CCCC2)c2ccccc2Sc2ccccc21. The van der Waals surface area contributed by atoms with Gasteiger partial charge in [0.2, 0.25) is 0 Å². The number of likely N-dealkylation sites (tertiary alicyclic amines) is 1. The van der Waals surface area contributed by atoms with Crippen molar-refractivity contribution in [1.29, 1.82) is 0 Å². The van der Waals surface area contributed by atoms with Crippen molar-refractivity contribution in [2.45, 2.75) is 28.2 Å². The summed E-state index contributed by atoms with van der Waals surface area (Å²) >= 11 is 1.71. The molecule has 0 unspecified atom stereocenters. The van der Waals surface area contributed by atoms with Crippen LogP contribution in [0.25, 0.3) is 0 Å². The predicted molar refractivity (Wildman–Crippen MR) is 93.5 cm³/mol. The average Bonchev–Trinajstić information content (AvgIpc) is 3.09. The van der Waals surface area contributed by atoms with Crippen LogP contribution in [0.5, 0.6) is 0 Å². The van der Waals surface area contributed by atoms with Crippen LogP contribution in [0.3, 0.4) is 0 Å². The minimum Gasteiger partial charge on any atom is -0.369 e. The Morgan fingerprint density at radius 2 is 1.52 bits per heavy atom. The summed E-state index contributed by atoms with van der Waals surface area (Å²) in [7, 11) is 0. The molecule has 1 fully saturated rings. The van der Waals surface area contributed by atoms with Gasteiger partial charge in [0.25, 0.3) is 0 Å². The molecule has 2 heterocycles. The van der Waals surface area contributed by atoms with Crippen LogP contribution < -0.4 is 0 Å². The second-order valence-corrected chi connectivity index (χ2v) is 7.17. The first-order valence-corrected chi connectivity index (χ1v) is 8.91. The van der Waals surface area contributed by atoms with Crippen molar-refractivity contribution in [2.24, 2.45) is 0 Å². The molecule has 3 heteroatoms. The number of nitrogens with zero attached hydrogens (tertiary/aromatic N) is 1. The summed E-state index contributed by atoms with van der Waals surface area (Å²) in [4.78, 5) is 4.53. The summed E-state index contributed by atoms with van der Waals surface area (Å²) in [6.45, 7) is 2.98. The maximum Gasteiger partial charge on any atom is 0.179 e. The second kappa shape index (κ2) is 6.05. The second-order valence-electron chi connectivity index (χ2n) is 6.09. The van der Waals surface area contributed by atoms with Crippen molar-refractivity contribution in [1.82, 2.24) is 4.90 Å². The maximum absolute atomic E-state index is 11.4. The van der Waals surface area contributed by atoms with Crippen LogP contribution in [0.4, 0.5) is 0 Å². The van der Waals surface area contributed by atoms with E-state index in [4.69, 9.17) is 0 Å². The van der Waals surface area contributed by atoms with Crippen molar-refractivity contribution >= 4 is 11.8 Å². The van der Waals surface area contributed by atoms with Gasteiger partial charge in [0.1, 0.15) is 0 Å². The van der Waals surface area contributed by atoms with E-state index in [1.165, 1.54) is 12.8 Å². The van der Waals surface area contributed by atoms with Gasteiger partial charge in [-0.05, 0) is 38.1 Å². The third-order valence-electron chi connectivity index (χ3n) is 4.54. The van der Waals surface area contributed by atoms with Crippen molar-refractivity contribution in [3.8, 4) is 11.8 Å². The molecule has 1 saturated heterocycles. The van der Waals surface area contributed by atoms with Gasteiger partial charge in [0.05, 0.1) is 6.54 Å². The quantitative estimate of drug-likeness (QED) is 0.814. The molecule has 4 rings (SSSR count). The molecule has 0 saturated carbocycles. The van der Waals surface area contributed by atoms with Gasteiger partial charge in [0.15, 0.2) is 5.60 Å². The molecule has 116 valence electrons. The fourth-order valence-electron chi connectivity index (χ4n) is 3.33. The van der Waals surface area contributed by atoms with Crippen LogP contribution in [-0.4, -0.2) is 29.6 Å². The van der Waals surface area contributed by atoms with Gasteiger partial charge in [0, 0.05) is 20.9 Å². The fourth-order valence-corrected chi connectivity index (χ4v) is 4.51. The maximum atomic E-state index is 11.4. The number of hydrogen-bond donors (Lipinski definition) is 1. The largest absolute Gasteiger partial charge is 0.369 e. The first-order valence-electron chi connectivity index (χ1n) is 8.09. The van der Waals surface area contributed by atoms with Gasteiger partial charge in [-0.25, -0.2) is 0 Å². The summed E-state index contributed by atoms with van der Waals surface area (Å²) in [6, 6.07) is 16.1. The predicted octanol–water partition coefficient (Wildman–Crippen LogP) is 3.49. The molecule has 2 aromatic rings. The van der Waals surface area contributed by atoms with Gasteiger partial charge in [-0.3, -0.25) is 4.90 Å². The molecule has 2 aromatic carbocycles. The Kier molecular flexibility index (Phi) is 3.90. The minimum atomic E-state index is -1.21. The Balaban J connectivity index is 1.75. The molecule has 0 amide bonds. The zero-order valence-electron chi connectivity index (χ0n) is 13.0. The van der Waals surface area contributed by atoms with Crippen LogP contribution in [0.15, 0.2) is 58.3 Å². The number of rotatable bonds is 1. The normalized spacial score (nSPS) is 18.7. The average molecular weight is 321 g/mol. The number of benzene rings is 2. The minimum absolute atomic E-state index is 0.736. The summed E-state index contributed by atoms with van der Waals surface area (Å²) in [5.41, 5.74) is 0.591. The third-order valence-corrected chi connectivity index (χ3v) is 5.70. The molecule has 2 aliphatic heterocycles. The van der Waals surface area contributed by atoms with Crippen LogP contribution in [-0.2, 0) is 5.60 Å². The molecular weight excluding hydrogens is 302 g/mol. The molecular formula is C20H19NOS. The van der Waals surface area contributed by atoms with Crippen molar-refractivity contribution < 1.29 is 5.11 Å². The Bertz CT molecular complexity index is 738. The molecule has 0 bridgehead atoms. The van der Waals surface area contributed by atoms with Gasteiger partial charge in [-0.2, -0.15) is 0 Å². The van der Waals surface area contributed by atoms with Crippen LogP contribution in [0.2, 0.25) is 0 Å². The Morgan fingerprint density at radius 1 is 0.957 bits per heavy atom. The molecule has 0 aromatic heterocycles. The lowest BCUT2D eigenvalue weighted by Gasteiger charge is -2.32. The number of aliphatic hydroxyl groups is 1. The number of hydrogen-bond acceptors (Lipinski definition) is 3. The Morgan fingerprint density at radius 3 is 2.13 bits per heavy atom. The Hall–Kier alpha value is -1.73. The number of fused-ring (bicyclic) bond motifs is 2. The van der Waals surface area contributed by atoms with E-state index < -0.39 is 5.60 Å². The van der Waals surface area contributed by atoms with E-state index in [-0.39, 0.29) is 0 Å². The highest BCUT2D eigenvalue weighted by Crippen LogP contribution is 2.47. The summed E-state index contributed by atoms with van der Waals surface area (Å²) in [5.74, 6) is 6.42. The van der Waals surface area contributed by atoms with Crippen molar-refractivity contribution in [3.05, 3.63) is 59.7 Å². The van der Waals surface area contributed by atoms with Gasteiger partial charge >= 0.3 is 0 Å². The molecule has 1 N–H and O–H groups in total. The highest BCUT2D eigenvalue weighted by atomic mass is 32.2. The Labute approximate surface area is 141 Å². The third kappa shape index (κ3) is 2.68. The molecule has 0 aliphatic carbocycles. The molecule has 0 radical (unpaired) electrons. The lowest BCUT2D eigenvalue weighted by molar-refractivity contribution is 0.138. The topological polar surface area (TPSA) is 23.5 Å². The summed E-state index contributed by atoms with van der Waals surface area (Å²) < 4.78 is 0. The molecule has 0 atom stereocenters. The molecule has 2 nitrogen and oxygen atoms in total. The van der Waals surface area contributed by atoms with E-state index in [9.17, 15) is 5.11 Å². The summed E-state index contributed by atoms with van der Waals surface area (Å²) in [5, 5.41) is 11.4. The van der Waals surface area contributed by atoms with E-state index in [1.807, 2.05) is 36.4 Å². The van der Waals surface area contributed by atoms with E-state index in [0.29, 0.717) is 0 Å². The first kappa shape index (κ1) is 14.8. The van der Waals surface area contributed by atoms with E-state index in [1.54, 1.807) is 11.8 Å². The molecule has 23 heavy (non-hydrogen) atoms. The first-order chi connectivity index (χ1) is 11.3.